The number of fused-ring (bicyclic) bond motifs is 1. The van der Waals surface area contributed by atoms with Crippen LogP contribution in [0.4, 0.5) is 9.18 Å². The van der Waals surface area contributed by atoms with Gasteiger partial charge in [0.25, 0.3) is 5.91 Å². The first-order valence-electron chi connectivity index (χ1n) is 14.0. The predicted octanol–water partition coefficient (Wildman–Crippen LogP) is 5.69. The third-order valence-electron chi connectivity index (χ3n) is 8.02. The maximum Gasteiger partial charge on any atom is 0.408 e. The smallest absolute Gasteiger partial charge is 0.408 e. The summed E-state index contributed by atoms with van der Waals surface area (Å²) < 4.78 is 27.7. The highest BCUT2D eigenvalue weighted by atomic mass is 79.9. The first-order chi connectivity index (χ1) is 20.6. The Morgan fingerprint density at radius 3 is 2.40 bits per heavy atom. The Morgan fingerprint density at radius 1 is 1.05 bits per heavy atom. The molecule has 0 spiro atoms. The average Bonchev–Trinajstić information content (AvgIpc) is 3.27. The number of aromatic nitrogens is 3. The van der Waals surface area contributed by atoms with Crippen LogP contribution in [0.25, 0.3) is 11.3 Å². The van der Waals surface area contributed by atoms with Crippen LogP contribution in [0.3, 0.4) is 0 Å². The molecule has 3 atom stereocenters. The molecule has 2 aromatic heterocycles. The van der Waals surface area contributed by atoms with E-state index in [0.29, 0.717) is 40.5 Å². The van der Waals surface area contributed by atoms with E-state index in [4.69, 9.17) is 14.5 Å². The summed E-state index contributed by atoms with van der Waals surface area (Å²) in [6.07, 6.45) is -0.642. The number of pyridine rings is 1. The van der Waals surface area contributed by atoms with E-state index in [1.54, 1.807) is 29.9 Å². The number of alkyl carbamates (subject to hydrolysis) is 1. The van der Waals surface area contributed by atoms with Crippen molar-refractivity contribution in [2.45, 2.75) is 32.1 Å². The fraction of sp³-hybridized carbons (Fsp3) is 0.312. The first-order valence-corrected chi connectivity index (χ1v) is 14.8. The Hall–Kier alpha value is -4.25. The van der Waals surface area contributed by atoms with Crippen molar-refractivity contribution < 1.29 is 23.5 Å². The lowest BCUT2D eigenvalue weighted by Gasteiger charge is -2.27. The molecule has 2 amide bonds. The van der Waals surface area contributed by atoms with E-state index >= 15 is 0 Å². The molecule has 6 rings (SSSR count). The van der Waals surface area contributed by atoms with Gasteiger partial charge in [-0.2, -0.15) is 5.10 Å². The molecular formula is C32H31BrFN5O4. The zero-order chi connectivity index (χ0) is 30.3. The second kappa shape index (κ2) is 11.4. The van der Waals surface area contributed by atoms with Gasteiger partial charge in [0.1, 0.15) is 28.8 Å². The minimum absolute atomic E-state index is 0.0580. The highest BCUT2D eigenvalue weighted by molar-refractivity contribution is 9.10. The van der Waals surface area contributed by atoms with E-state index < -0.39 is 11.6 Å². The molecule has 2 fully saturated rings. The van der Waals surface area contributed by atoms with Crippen molar-refractivity contribution in [3.05, 3.63) is 100 Å². The lowest BCUT2D eigenvalue weighted by molar-refractivity contribution is 0.0740. The van der Waals surface area contributed by atoms with Crippen molar-refractivity contribution in [3.63, 3.8) is 0 Å². The Bertz CT molecular complexity index is 1650. The Kier molecular flexibility index (Phi) is 7.68. The molecule has 1 saturated heterocycles. The van der Waals surface area contributed by atoms with Crippen LogP contribution in [0.15, 0.2) is 77.4 Å². The second-order valence-corrected chi connectivity index (χ2v) is 12.3. The van der Waals surface area contributed by atoms with Gasteiger partial charge in [-0.25, -0.2) is 14.2 Å². The van der Waals surface area contributed by atoms with Crippen LogP contribution in [0.2, 0.25) is 0 Å². The lowest BCUT2D eigenvalue weighted by Crippen LogP contribution is -2.41. The average molecular weight is 649 g/mol. The number of amides is 2. The fourth-order valence-electron chi connectivity index (χ4n) is 5.53. The van der Waals surface area contributed by atoms with Crippen molar-refractivity contribution in [3.8, 4) is 17.1 Å². The molecule has 1 aliphatic carbocycles. The van der Waals surface area contributed by atoms with Gasteiger partial charge in [-0.3, -0.25) is 9.48 Å². The maximum atomic E-state index is 13.7. The Morgan fingerprint density at radius 2 is 1.74 bits per heavy atom. The predicted molar refractivity (Wildman–Crippen MR) is 161 cm³/mol. The summed E-state index contributed by atoms with van der Waals surface area (Å²) in [5.41, 5.74) is 2.62. The first kappa shape index (κ1) is 28.9. The lowest BCUT2D eigenvalue weighted by atomic mass is 9.93. The molecule has 4 aromatic rings. The number of piperidine rings is 1. The topological polar surface area (TPSA) is 98.6 Å². The summed E-state index contributed by atoms with van der Waals surface area (Å²) in [6, 6.07) is 20.9. The maximum absolute atomic E-state index is 13.7. The SMILES string of the molecule is Cn1nc(Br)cc1C(=O)N1C[C@@H]2[C@H](C1)[C@H]2Oc1cc(C(C)(C)NC(=O)OCc2ccccc2)cc(-c2ccc(F)cc2)n1. The van der Waals surface area contributed by atoms with Gasteiger partial charge >= 0.3 is 6.09 Å². The number of likely N-dealkylation sites (tertiary alicyclic amines) is 1. The van der Waals surface area contributed by atoms with Crippen LogP contribution in [-0.4, -0.2) is 50.9 Å². The Labute approximate surface area is 257 Å². The van der Waals surface area contributed by atoms with E-state index in [1.165, 1.54) is 12.1 Å². The number of nitrogens with one attached hydrogen (secondary N) is 1. The molecule has 1 N–H and O–H groups in total. The quantitative estimate of drug-likeness (QED) is 0.264. The summed E-state index contributed by atoms with van der Waals surface area (Å²) in [5, 5.41) is 7.16. The van der Waals surface area contributed by atoms with E-state index in [-0.39, 0.29) is 36.3 Å². The largest absolute Gasteiger partial charge is 0.474 e. The fourth-order valence-corrected chi connectivity index (χ4v) is 5.98. The molecule has 222 valence electrons. The molecule has 43 heavy (non-hydrogen) atoms. The van der Waals surface area contributed by atoms with E-state index in [2.05, 4.69) is 26.3 Å². The summed E-state index contributed by atoms with van der Waals surface area (Å²) in [4.78, 5) is 32.4. The number of carbonyl (C=O) groups is 2. The molecule has 1 saturated carbocycles. The van der Waals surface area contributed by atoms with Crippen molar-refractivity contribution in [1.29, 1.82) is 0 Å². The highest BCUT2D eigenvalue weighted by Crippen LogP contribution is 2.48. The molecule has 2 aliphatic rings. The monoisotopic (exact) mass is 647 g/mol. The molecular weight excluding hydrogens is 617 g/mol. The van der Waals surface area contributed by atoms with Crippen LogP contribution in [0.1, 0.15) is 35.5 Å². The molecule has 9 nitrogen and oxygen atoms in total. The number of hydrogen-bond acceptors (Lipinski definition) is 6. The van der Waals surface area contributed by atoms with Gasteiger partial charge in [0.2, 0.25) is 5.88 Å². The Balaban J connectivity index is 1.17. The number of carbonyl (C=O) groups excluding carboxylic acids is 2. The van der Waals surface area contributed by atoms with E-state index in [0.717, 1.165) is 11.1 Å². The van der Waals surface area contributed by atoms with Gasteiger partial charge in [0.05, 0.1) is 11.2 Å². The van der Waals surface area contributed by atoms with Crippen molar-refractivity contribution in [1.82, 2.24) is 25.0 Å². The van der Waals surface area contributed by atoms with E-state index in [1.807, 2.05) is 61.2 Å². The number of rotatable bonds is 8. The zero-order valence-corrected chi connectivity index (χ0v) is 25.5. The minimum Gasteiger partial charge on any atom is -0.474 e. The molecule has 2 aromatic carbocycles. The molecule has 11 heteroatoms. The molecule has 0 bridgehead atoms. The molecule has 3 heterocycles. The summed E-state index contributed by atoms with van der Waals surface area (Å²) in [5.74, 6) is 0.386. The summed E-state index contributed by atoms with van der Waals surface area (Å²) in [6.45, 7) is 5.06. The number of nitrogens with zero attached hydrogens (tertiary/aromatic N) is 4. The molecule has 1 aliphatic heterocycles. The number of halogens is 2. The van der Waals surface area contributed by atoms with Gasteiger partial charge in [-0.15, -0.1) is 0 Å². The van der Waals surface area contributed by atoms with Crippen LogP contribution in [-0.2, 0) is 23.9 Å². The van der Waals surface area contributed by atoms with Crippen LogP contribution in [0.5, 0.6) is 5.88 Å². The van der Waals surface area contributed by atoms with Gasteiger partial charge < -0.3 is 19.7 Å². The molecule has 0 unspecified atom stereocenters. The number of hydrogen-bond donors (Lipinski definition) is 1. The van der Waals surface area contributed by atoms with Crippen LogP contribution >= 0.6 is 15.9 Å². The molecule has 0 radical (unpaired) electrons. The van der Waals surface area contributed by atoms with Gasteiger partial charge in [0, 0.05) is 49.7 Å². The highest BCUT2D eigenvalue weighted by Gasteiger charge is 2.59. The third-order valence-corrected chi connectivity index (χ3v) is 8.41. The van der Waals surface area contributed by atoms with Crippen LogP contribution < -0.4 is 10.1 Å². The van der Waals surface area contributed by atoms with Crippen molar-refractivity contribution in [2.24, 2.45) is 18.9 Å². The number of ether oxygens (including phenoxy) is 2. The number of aryl methyl sites for hydroxylation is 1. The summed E-state index contributed by atoms with van der Waals surface area (Å²) in [7, 11) is 1.75. The minimum atomic E-state index is -0.844. The van der Waals surface area contributed by atoms with Gasteiger partial charge in [-0.05, 0) is 71.2 Å². The third kappa shape index (κ3) is 6.27. The van der Waals surface area contributed by atoms with E-state index in [9.17, 15) is 14.0 Å². The summed E-state index contributed by atoms with van der Waals surface area (Å²) >= 11 is 3.32. The van der Waals surface area contributed by atoms with Gasteiger partial charge in [0.15, 0.2) is 0 Å². The normalized spacial score (nSPS) is 19.1. The van der Waals surface area contributed by atoms with Gasteiger partial charge in [-0.1, -0.05) is 30.3 Å². The second-order valence-electron chi connectivity index (χ2n) is 11.5. The standard InChI is InChI=1S/C32H31BrFN5O4/c1-32(2,36-31(41)42-18-19-7-5-4-6-8-19)21-13-25(20-9-11-22(34)12-10-20)35-28(14-21)43-29-23-16-39(17-24(23)29)30(40)26-15-27(33)37-38(26)3/h4-15,23-24,29H,16-18H2,1-3H3,(H,36,41)/t23-,24+,29+. The van der Waals surface area contributed by atoms with Crippen molar-refractivity contribution in [2.75, 3.05) is 13.1 Å². The van der Waals surface area contributed by atoms with Crippen LogP contribution in [0, 0.1) is 17.7 Å². The van der Waals surface area contributed by atoms with Crippen molar-refractivity contribution >= 4 is 27.9 Å². The number of benzene rings is 2. The zero-order valence-electron chi connectivity index (χ0n) is 24.0.